The monoisotopic (exact) mass is 226 g/mol. The van der Waals surface area contributed by atoms with Gasteiger partial charge >= 0.3 is 0 Å². The van der Waals surface area contributed by atoms with Gasteiger partial charge in [-0.1, -0.05) is 18.6 Å². The first kappa shape index (κ1) is 13.7. The molecule has 0 saturated carbocycles. The molecular formula is C14H26O2. The van der Waals surface area contributed by atoms with E-state index in [1.54, 1.807) is 5.57 Å². The highest BCUT2D eigenvalue weighted by molar-refractivity contribution is 5.07. The molecule has 0 spiro atoms. The first-order chi connectivity index (χ1) is 7.63. The maximum Gasteiger partial charge on any atom is 0.0532 e. The van der Waals surface area contributed by atoms with E-state index in [2.05, 4.69) is 19.9 Å². The molecule has 1 N–H and O–H groups in total. The van der Waals surface area contributed by atoms with Gasteiger partial charge in [0.25, 0.3) is 0 Å². The number of rotatable bonds is 6. The van der Waals surface area contributed by atoms with Crippen LogP contribution in [0.4, 0.5) is 0 Å². The summed E-state index contributed by atoms with van der Waals surface area (Å²) in [4.78, 5) is 0. The van der Waals surface area contributed by atoms with Gasteiger partial charge in [-0.25, -0.2) is 0 Å². The third kappa shape index (κ3) is 4.67. The number of hydrogen-bond donors (Lipinski definition) is 1. The van der Waals surface area contributed by atoms with E-state index in [4.69, 9.17) is 4.74 Å². The van der Waals surface area contributed by atoms with Crippen molar-refractivity contribution in [1.82, 2.24) is 0 Å². The summed E-state index contributed by atoms with van der Waals surface area (Å²) in [5.74, 6) is 1.32. The van der Waals surface area contributed by atoms with E-state index in [1.165, 1.54) is 6.42 Å². The number of aliphatic hydroxyl groups is 1. The normalized spacial score (nSPS) is 25.8. The Morgan fingerprint density at radius 2 is 2.19 bits per heavy atom. The molecule has 0 bridgehead atoms. The summed E-state index contributed by atoms with van der Waals surface area (Å²) in [6.45, 7) is 8.11. The highest BCUT2D eigenvalue weighted by Gasteiger charge is 2.20. The van der Waals surface area contributed by atoms with Crippen molar-refractivity contribution in [2.45, 2.75) is 52.6 Å². The van der Waals surface area contributed by atoms with E-state index in [9.17, 15) is 5.11 Å². The molecule has 0 amide bonds. The molecular weight excluding hydrogens is 200 g/mol. The smallest absolute Gasteiger partial charge is 0.0532 e. The van der Waals surface area contributed by atoms with Gasteiger partial charge in [0, 0.05) is 12.5 Å². The minimum atomic E-state index is -0.161. The molecule has 1 aliphatic rings. The van der Waals surface area contributed by atoms with Crippen LogP contribution in [-0.2, 0) is 4.74 Å². The zero-order chi connectivity index (χ0) is 12.0. The Kier molecular flexibility index (Phi) is 6.07. The second-order valence-electron chi connectivity index (χ2n) is 5.16. The quantitative estimate of drug-likeness (QED) is 0.705. The lowest BCUT2D eigenvalue weighted by Gasteiger charge is -2.18. The highest BCUT2D eigenvalue weighted by atomic mass is 16.5. The van der Waals surface area contributed by atoms with Gasteiger partial charge in [-0.15, -0.1) is 0 Å². The molecule has 2 unspecified atom stereocenters. The molecule has 3 atom stereocenters. The van der Waals surface area contributed by atoms with Crippen LogP contribution >= 0.6 is 0 Å². The molecule has 94 valence electrons. The summed E-state index contributed by atoms with van der Waals surface area (Å²) in [6.07, 6.45) is 6.48. The van der Waals surface area contributed by atoms with Crippen molar-refractivity contribution in [2.24, 2.45) is 11.8 Å². The molecule has 0 radical (unpaired) electrons. The van der Waals surface area contributed by atoms with Crippen molar-refractivity contribution >= 4 is 0 Å². The predicted molar refractivity (Wildman–Crippen MR) is 67.4 cm³/mol. The van der Waals surface area contributed by atoms with E-state index in [0.29, 0.717) is 11.8 Å². The Morgan fingerprint density at radius 3 is 2.69 bits per heavy atom. The second kappa shape index (κ2) is 7.08. The van der Waals surface area contributed by atoms with Crippen LogP contribution in [0, 0.1) is 11.8 Å². The summed E-state index contributed by atoms with van der Waals surface area (Å²) in [5.41, 5.74) is 1.55. The summed E-state index contributed by atoms with van der Waals surface area (Å²) in [5, 5.41) is 9.27. The van der Waals surface area contributed by atoms with Crippen molar-refractivity contribution in [3.05, 3.63) is 11.6 Å². The molecule has 16 heavy (non-hydrogen) atoms. The molecule has 1 rings (SSSR count). The van der Waals surface area contributed by atoms with Gasteiger partial charge < -0.3 is 9.84 Å². The van der Waals surface area contributed by atoms with Crippen LogP contribution in [0.25, 0.3) is 0 Å². The largest absolute Gasteiger partial charge is 0.393 e. The van der Waals surface area contributed by atoms with Crippen LogP contribution in [0.1, 0.15) is 46.5 Å². The Bertz CT molecular complexity index is 215. The summed E-state index contributed by atoms with van der Waals surface area (Å²) in [7, 11) is 0. The van der Waals surface area contributed by atoms with Gasteiger partial charge in [0.15, 0.2) is 0 Å². The molecule has 1 heterocycles. The van der Waals surface area contributed by atoms with Crippen LogP contribution < -0.4 is 0 Å². The van der Waals surface area contributed by atoms with Gasteiger partial charge in [0.05, 0.1) is 12.7 Å². The fourth-order valence-electron chi connectivity index (χ4n) is 2.38. The lowest BCUT2D eigenvalue weighted by molar-refractivity contribution is 0.173. The standard InChI is InChI=1S/C14H26O2/c1-4-13(14-7-8-16-10-14)9-11(2)5-6-12(3)15/h4,11-12,14-15H,5-10H2,1-3H3/b13-4+/t11?,12?,14-/m0/s1. The lowest BCUT2D eigenvalue weighted by atomic mass is 9.88. The third-order valence-electron chi connectivity index (χ3n) is 3.49. The van der Waals surface area contributed by atoms with E-state index in [1.807, 2.05) is 6.92 Å². The van der Waals surface area contributed by atoms with Gasteiger partial charge in [0.1, 0.15) is 0 Å². The zero-order valence-electron chi connectivity index (χ0n) is 10.9. The molecule has 0 aliphatic carbocycles. The third-order valence-corrected chi connectivity index (χ3v) is 3.49. The van der Waals surface area contributed by atoms with Gasteiger partial charge in [-0.05, 0) is 45.4 Å². The minimum Gasteiger partial charge on any atom is -0.393 e. The molecule has 1 saturated heterocycles. The molecule has 2 nitrogen and oxygen atoms in total. The van der Waals surface area contributed by atoms with Crippen molar-refractivity contribution in [3.8, 4) is 0 Å². The average molecular weight is 226 g/mol. The van der Waals surface area contributed by atoms with Crippen LogP contribution in [0.15, 0.2) is 11.6 Å². The van der Waals surface area contributed by atoms with E-state index in [-0.39, 0.29) is 6.10 Å². The maximum absolute atomic E-state index is 9.27. The molecule has 1 aliphatic heterocycles. The lowest BCUT2D eigenvalue weighted by Crippen LogP contribution is -2.09. The zero-order valence-corrected chi connectivity index (χ0v) is 10.9. The van der Waals surface area contributed by atoms with Gasteiger partial charge in [0.2, 0.25) is 0 Å². The average Bonchev–Trinajstić information content (AvgIpc) is 2.76. The number of ether oxygens (including phenoxy) is 1. The van der Waals surface area contributed by atoms with Crippen molar-refractivity contribution in [3.63, 3.8) is 0 Å². The predicted octanol–water partition coefficient (Wildman–Crippen LogP) is 3.16. The van der Waals surface area contributed by atoms with Crippen molar-refractivity contribution in [1.29, 1.82) is 0 Å². The molecule has 0 aromatic heterocycles. The molecule has 0 aromatic rings. The molecule has 1 fully saturated rings. The minimum absolute atomic E-state index is 0.161. The fraction of sp³-hybridized carbons (Fsp3) is 0.857. The topological polar surface area (TPSA) is 29.5 Å². The summed E-state index contributed by atoms with van der Waals surface area (Å²) < 4.78 is 5.44. The van der Waals surface area contributed by atoms with E-state index in [0.717, 1.165) is 32.5 Å². The Hall–Kier alpha value is -0.340. The van der Waals surface area contributed by atoms with Crippen LogP contribution in [0.3, 0.4) is 0 Å². The number of aliphatic hydroxyl groups excluding tert-OH is 1. The Balaban J connectivity index is 2.32. The van der Waals surface area contributed by atoms with Crippen LogP contribution in [0.2, 0.25) is 0 Å². The molecule has 0 aromatic carbocycles. The van der Waals surface area contributed by atoms with E-state index < -0.39 is 0 Å². The second-order valence-corrected chi connectivity index (χ2v) is 5.16. The van der Waals surface area contributed by atoms with Crippen molar-refractivity contribution < 1.29 is 9.84 Å². The van der Waals surface area contributed by atoms with E-state index >= 15 is 0 Å². The van der Waals surface area contributed by atoms with Crippen molar-refractivity contribution in [2.75, 3.05) is 13.2 Å². The van der Waals surface area contributed by atoms with Crippen LogP contribution in [-0.4, -0.2) is 24.4 Å². The highest BCUT2D eigenvalue weighted by Crippen LogP contribution is 2.28. The first-order valence-electron chi connectivity index (χ1n) is 6.54. The molecule has 2 heteroatoms. The Morgan fingerprint density at radius 1 is 1.44 bits per heavy atom. The summed E-state index contributed by atoms with van der Waals surface area (Å²) >= 11 is 0. The first-order valence-corrected chi connectivity index (χ1v) is 6.54. The van der Waals surface area contributed by atoms with Gasteiger partial charge in [-0.3, -0.25) is 0 Å². The SMILES string of the molecule is C/C=C(\CC(C)CCC(C)O)[C@H]1CCOC1. The maximum atomic E-state index is 9.27. The fourth-order valence-corrected chi connectivity index (χ4v) is 2.38. The van der Waals surface area contributed by atoms with Crippen LogP contribution in [0.5, 0.6) is 0 Å². The summed E-state index contributed by atoms with van der Waals surface area (Å²) in [6, 6.07) is 0. The number of allylic oxidation sites excluding steroid dienone is 1. The Labute approximate surface area is 99.7 Å². The van der Waals surface area contributed by atoms with Gasteiger partial charge in [-0.2, -0.15) is 0 Å². The number of hydrogen-bond acceptors (Lipinski definition) is 2.